The number of amides is 2. The zero-order valence-electron chi connectivity index (χ0n) is 24.6. The lowest BCUT2D eigenvalue weighted by molar-refractivity contribution is -0.376. The first-order valence-corrected chi connectivity index (χ1v) is 14.4. The van der Waals surface area contributed by atoms with Gasteiger partial charge >= 0.3 is 12.4 Å². The summed E-state index contributed by atoms with van der Waals surface area (Å²) in [5, 5.41) is 9.97. The first-order valence-electron chi connectivity index (χ1n) is 14.4. The average molecular weight is 596 g/mol. The quantitative estimate of drug-likeness (QED) is 0.136. The molecule has 1 heterocycles. The van der Waals surface area contributed by atoms with Crippen molar-refractivity contribution in [3.63, 3.8) is 0 Å². The van der Waals surface area contributed by atoms with Crippen molar-refractivity contribution in [3.05, 3.63) is 28.8 Å². The van der Waals surface area contributed by atoms with Crippen LogP contribution in [0.5, 0.6) is 5.75 Å². The third-order valence-corrected chi connectivity index (χ3v) is 8.10. The van der Waals surface area contributed by atoms with Gasteiger partial charge < -0.3 is 9.84 Å². The van der Waals surface area contributed by atoms with Gasteiger partial charge in [0.25, 0.3) is 5.60 Å². The minimum atomic E-state index is -5.95. The fraction of sp³-hybridized carbons (Fsp3) is 0.733. The lowest BCUT2D eigenvalue weighted by Crippen LogP contribution is -2.54. The van der Waals surface area contributed by atoms with Crippen molar-refractivity contribution in [1.29, 1.82) is 0 Å². The van der Waals surface area contributed by atoms with Crippen LogP contribution in [0.3, 0.4) is 0 Å². The minimum absolute atomic E-state index is 0.00824. The Labute approximate surface area is 238 Å². The van der Waals surface area contributed by atoms with Crippen LogP contribution in [0.15, 0.2) is 12.1 Å². The molecule has 1 aromatic rings. The Hall–Kier alpha value is -2.30. The van der Waals surface area contributed by atoms with Crippen molar-refractivity contribution in [1.82, 2.24) is 4.90 Å². The molecule has 5 nitrogen and oxygen atoms in total. The van der Waals surface area contributed by atoms with Crippen LogP contribution in [-0.2, 0) is 28.0 Å². The second-order valence-electron chi connectivity index (χ2n) is 11.6. The standard InChI is InChI=1S/C30H43F6NO4/c1-6-13-21-18-23(28(40,29(31,32)33)30(34,35)36)19-22(14-7-2)25(21)41-16-12-10-8-9-11-15-37-24(38)17-20(3)27(4,5)26(37)39/h18-20,40H,6-17H2,1-5H3. The van der Waals surface area contributed by atoms with Crippen molar-refractivity contribution < 1.29 is 45.8 Å². The molecule has 1 fully saturated rings. The van der Waals surface area contributed by atoms with Crippen LogP contribution < -0.4 is 4.74 Å². The van der Waals surface area contributed by atoms with E-state index < -0.39 is 28.9 Å². The highest BCUT2D eigenvalue weighted by molar-refractivity contribution is 6.00. The first kappa shape index (κ1) is 34.9. The highest BCUT2D eigenvalue weighted by Gasteiger charge is 2.71. The van der Waals surface area contributed by atoms with E-state index in [0.29, 0.717) is 38.6 Å². The molecule has 11 heteroatoms. The summed E-state index contributed by atoms with van der Waals surface area (Å²) in [6.07, 6.45) is -6.62. The Morgan fingerprint density at radius 2 is 1.39 bits per heavy atom. The Balaban J connectivity index is 2.02. The molecule has 0 saturated carbocycles. The van der Waals surface area contributed by atoms with E-state index in [4.69, 9.17) is 4.74 Å². The summed E-state index contributed by atoms with van der Waals surface area (Å²) < 4.78 is 87.3. The van der Waals surface area contributed by atoms with Crippen molar-refractivity contribution >= 4 is 11.8 Å². The molecule has 1 aliphatic heterocycles. The predicted molar refractivity (Wildman–Crippen MR) is 143 cm³/mol. The van der Waals surface area contributed by atoms with Gasteiger partial charge in [-0.05, 0) is 54.9 Å². The number of halogens is 6. The van der Waals surface area contributed by atoms with E-state index >= 15 is 0 Å². The number of likely N-dealkylation sites (tertiary alicyclic amines) is 1. The van der Waals surface area contributed by atoms with Crippen molar-refractivity contribution in [3.8, 4) is 5.75 Å². The number of aryl methyl sites for hydroxylation is 2. The fourth-order valence-electron chi connectivity index (χ4n) is 5.15. The highest BCUT2D eigenvalue weighted by atomic mass is 19.4. The summed E-state index contributed by atoms with van der Waals surface area (Å²) in [5.41, 5.74) is -6.40. The van der Waals surface area contributed by atoms with Gasteiger partial charge in [0, 0.05) is 23.9 Å². The van der Waals surface area contributed by atoms with Crippen LogP contribution >= 0.6 is 0 Å². The Kier molecular flexibility index (Phi) is 11.7. The number of benzene rings is 1. The number of alkyl halides is 6. The van der Waals surface area contributed by atoms with Gasteiger partial charge in [-0.2, -0.15) is 26.3 Å². The van der Waals surface area contributed by atoms with E-state index in [1.165, 1.54) is 4.90 Å². The number of piperidine rings is 1. The van der Waals surface area contributed by atoms with Gasteiger partial charge in [-0.15, -0.1) is 0 Å². The van der Waals surface area contributed by atoms with Crippen LogP contribution in [0.2, 0.25) is 0 Å². The lowest BCUT2D eigenvalue weighted by Gasteiger charge is -2.40. The SMILES string of the molecule is CCCc1cc(C(O)(C(F)(F)F)C(F)(F)F)cc(CCC)c1OCCCCCCCN1C(=O)CC(C)C(C)(C)C1=O. The minimum Gasteiger partial charge on any atom is -0.493 e. The molecule has 0 aliphatic carbocycles. The number of rotatable bonds is 14. The molecular weight excluding hydrogens is 552 g/mol. The Morgan fingerprint density at radius 3 is 1.88 bits per heavy atom. The normalized spacial score (nSPS) is 18.2. The maximum atomic E-state index is 13.6. The number of unbranched alkanes of at least 4 members (excludes halogenated alkanes) is 4. The molecule has 1 saturated heterocycles. The van der Waals surface area contributed by atoms with Gasteiger partial charge in [-0.1, -0.05) is 66.7 Å². The number of carbonyl (C=O) groups is 2. The third kappa shape index (κ3) is 7.76. The molecule has 0 bridgehead atoms. The largest absolute Gasteiger partial charge is 0.493 e. The maximum Gasteiger partial charge on any atom is 0.430 e. The van der Waals surface area contributed by atoms with Gasteiger partial charge in [0.2, 0.25) is 11.8 Å². The number of carbonyl (C=O) groups excluding carboxylic acids is 2. The van der Waals surface area contributed by atoms with Gasteiger partial charge in [0.1, 0.15) is 5.75 Å². The van der Waals surface area contributed by atoms with Crippen molar-refractivity contribution in [2.75, 3.05) is 13.2 Å². The van der Waals surface area contributed by atoms with Gasteiger partial charge in [0.15, 0.2) is 0 Å². The molecule has 1 unspecified atom stereocenters. The number of nitrogens with zero attached hydrogens (tertiary/aromatic N) is 1. The molecule has 234 valence electrons. The zero-order chi connectivity index (χ0) is 31.2. The summed E-state index contributed by atoms with van der Waals surface area (Å²) in [6.45, 7) is 9.73. The maximum absolute atomic E-state index is 13.6. The van der Waals surface area contributed by atoms with Crippen molar-refractivity contribution in [2.24, 2.45) is 11.3 Å². The van der Waals surface area contributed by atoms with Crippen LogP contribution in [0.25, 0.3) is 0 Å². The summed E-state index contributed by atoms with van der Waals surface area (Å²) in [4.78, 5) is 26.4. The van der Waals surface area contributed by atoms with E-state index in [2.05, 4.69) is 0 Å². The molecule has 1 N–H and O–H groups in total. The summed E-state index contributed by atoms with van der Waals surface area (Å²) in [5.74, 6) is -0.0135. The molecule has 0 spiro atoms. The number of ether oxygens (including phenoxy) is 1. The van der Waals surface area contributed by atoms with Gasteiger partial charge in [0.05, 0.1) is 6.61 Å². The summed E-state index contributed by atoms with van der Waals surface area (Å²) >= 11 is 0. The topological polar surface area (TPSA) is 66.8 Å². The molecule has 1 aromatic carbocycles. The fourth-order valence-corrected chi connectivity index (χ4v) is 5.15. The third-order valence-electron chi connectivity index (χ3n) is 8.10. The number of imide groups is 1. The lowest BCUT2D eigenvalue weighted by atomic mass is 9.74. The van der Waals surface area contributed by atoms with Crippen LogP contribution in [0, 0.1) is 11.3 Å². The predicted octanol–water partition coefficient (Wildman–Crippen LogP) is 7.65. The van der Waals surface area contributed by atoms with Crippen LogP contribution in [-0.4, -0.2) is 47.3 Å². The second-order valence-corrected chi connectivity index (χ2v) is 11.6. The first-order chi connectivity index (χ1) is 18.9. The summed E-state index contributed by atoms with van der Waals surface area (Å²) in [7, 11) is 0. The van der Waals surface area contributed by atoms with E-state index in [9.17, 15) is 41.0 Å². The molecule has 0 aromatic heterocycles. The van der Waals surface area contributed by atoms with Crippen molar-refractivity contribution in [2.45, 2.75) is 117 Å². The molecule has 41 heavy (non-hydrogen) atoms. The number of hydrogen-bond donors (Lipinski definition) is 1. The zero-order valence-corrected chi connectivity index (χ0v) is 24.6. The molecule has 2 amide bonds. The van der Waals surface area contributed by atoms with E-state index in [1.54, 1.807) is 13.8 Å². The van der Waals surface area contributed by atoms with E-state index in [-0.39, 0.29) is 54.1 Å². The number of hydrogen-bond acceptors (Lipinski definition) is 4. The molecule has 1 atom stereocenters. The Morgan fingerprint density at radius 1 is 0.902 bits per heavy atom. The second kappa shape index (κ2) is 13.8. The average Bonchev–Trinajstić information content (AvgIpc) is 2.85. The summed E-state index contributed by atoms with van der Waals surface area (Å²) in [6, 6.07) is 1.54. The molecule has 2 rings (SSSR count). The van der Waals surface area contributed by atoms with Gasteiger partial charge in [-0.3, -0.25) is 14.5 Å². The molecular formula is C30H43F6NO4. The van der Waals surface area contributed by atoms with Crippen LogP contribution in [0.4, 0.5) is 26.3 Å². The molecule has 1 aliphatic rings. The van der Waals surface area contributed by atoms with Crippen LogP contribution in [0.1, 0.15) is 103 Å². The molecule has 0 radical (unpaired) electrons. The van der Waals surface area contributed by atoms with E-state index in [1.807, 2.05) is 20.8 Å². The monoisotopic (exact) mass is 595 g/mol. The van der Waals surface area contributed by atoms with E-state index in [0.717, 1.165) is 31.4 Å². The highest BCUT2D eigenvalue weighted by Crippen LogP contribution is 2.51. The number of aliphatic hydroxyl groups is 1. The van der Waals surface area contributed by atoms with Gasteiger partial charge in [-0.25, -0.2) is 0 Å². The Bertz CT molecular complexity index is 1010. The smallest absolute Gasteiger partial charge is 0.430 e.